The number of nitrogens with one attached hydrogen (secondary N) is 1. The zero-order valence-electron chi connectivity index (χ0n) is 6.60. The summed E-state index contributed by atoms with van der Waals surface area (Å²) in [5.41, 5.74) is 5.05. The SMILES string of the molecule is C=C(Br)CNC(=O)C1(N)CC1.Cl. The monoisotopic (exact) mass is 254 g/mol. The van der Waals surface area contributed by atoms with Crippen LogP contribution in [0.15, 0.2) is 11.1 Å². The normalized spacial score (nSPS) is 17.5. The molecule has 70 valence electrons. The van der Waals surface area contributed by atoms with E-state index in [1.54, 1.807) is 0 Å². The summed E-state index contributed by atoms with van der Waals surface area (Å²) in [6.07, 6.45) is 1.60. The van der Waals surface area contributed by atoms with Crippen molar-refractivity contribution in [1.82, 2.24) is 5.32 Å². The van der Waals surface area contributed by atoms with E-state index in [0.29, 0.717) is 6.54 Å². The molecule has 3 N–H and O–H groups in total. The molecule has 0 radical (unpaired) electrons. The van der Waals surface area contributed by atoms with Gasteiger partial charge in [0.1, 0.15) is 0 Å². The molecule has 0 saturated heterocycles. The molecule has 1 fully saturated rings. The van der Waals surface area contributed by atoms with Crippen LogP contribution in [0.2, 0.25) is 0 Å². The Labute approximate surface area is 86.3 Å². The fourth-order valence-corrected chi connectivity index (χ4v) is 0.854. The highest BCUT2D eigenvalue weighted by Crippen LogP contribution is 2.32. The minimum Gasteiger partial charge on any atom is -0.350 e. The fourth-order valence-electron chi connectivity index (χ4n) is 0.714. The number of hydrogen-bond donors (Lipinski definition) is 2. The van der Waals surface area contributed by atoms with Gasteiger partial charge in [0, 0.05) is 11.0 Å². The second kappa shape index (κ2) is 4.25. The quantitative estimate of drug-likeness (QED) is 0.788. The molecule has 0 aromatic heterocycles. The maximum absolute atomic E-state index is 11.1. The lowest BCUT2D eigenvalue weighted by atomic mass is 10.3. The van der Waals surface area contributed by atoms with Crippen molar-refractivity contribution >= 4 is 34.2 Å². The Hall–Kier alpha value is -0.0600. The summed E-state index contributed by atoms with van der Waals surface area (Å²) in [6, 6.07) is 0. The van der Waals surface area contributed by atoms with E-state index in [-0.39, 0.29) is 18.3 Å². The van der Waals surface area contributed by atoms with Crippen LogP contribution in [0.1, 0.15) is 12.8 Å². The number of carbonyl (C=O) groups excluding carboxylic acids is 1. The van der Waals surface area contributed by atoms with Gasteiger partial charge in [-0.3, -0.25) is 4.79 Å². The van der Waals surface area contributed by atoms with Crippen molar-refractivity contribution in [3.05, 3.63) is 11.1 Å². The molecule has 0 bridgehead atoms. The molecule has 0 unspecified atom stereocenters. The Kier molecular flexibility index (Phi) is 4.23. The Balaban J connectivity index is 0.00000121. The number of rotatable bonds is 3. The van der Waals surface area contributed by atoms with E-state index >= 15 is 0 Å². The highest BCUT2D eigenvalue weighted by atomic mass is 79.9. The van der Waals surface area contributed by atoms with Gasteiger partial charge in [0.2, 0.25) is 5.91 Å². The molecule has 12 heavy (non-hydrogen) atoms. The summed E-state index contributed by atoms with van der Waals surface area (Å²) in [4.78, 5) is 11.1. The Morgan fingerprint density at radius 3 is 2.50 bits per heavy atom. The molecule has 1 saturated carbocycles. The third-order valence-electron chi connectivity index (χ3n) is 1.68. The van der Waals surface area contributed by atoms with Crippen LogP contribution in [0.3, 0.4) is 0 Å². The predicted molar refractivity (Wildman–Crippen MR) is 54.5 cm³/mol. The number of amides is 1. The zero-order valence-corrected chi connectivity index (χ0v) is 9.00. The first-order chi connectivity index (χ1) is 5.04. The lowest BCUT2D eigenvalue weighted by Gasteiger charge is -2.08. The first-order valence-corrected chi connectivity index (χ1v) is 4.24. The molecule has 0 atom stereocenters. The minimum atomic E-state index is -0.567. The summed E-state index contributed by atoms with van der Waals surface area (Å²) in [6.45, 7) is 4.05. The largest absolute Gasteiger partial charge is 0.350 e. The van der Waals surface area contributed by atoms with Crippen molar-refractivity contribution in [3.63, 3.8) is 0 Å². The van der Waals surface area contributed by atoms with Gasteiger partial charge >= 0.3 is 0 Å². The summed E-state index contributed by atoms with van der Waals surface area (Å²) in [5, 5.41) is 2.67. The third kappa shape index (κ3) is 3.13. The van der Waals surface area contributed by atoms with Crippen molar-refractivity contribution in [1.29, 1.82) is 0 Å². The Bertz CT molecular complexity index is 204. The highest BCUT2D eigenvalue weighted by Gasteiger charge is 2.45. The van der Waals surface area contributed by atoms with Crippen molar-refractivity contribution < 1.29 is 4.79 Å². The molecule has 0 aromatic rings. The summed E-state index contributed by atoms with van der Waals surface area (Å²) >= 11 is 3.14. The average molecular weight is 256 g/mol. The second-order valence-electron chi connectivity index (χ2n) is 2.86. The topological polar surface area (TPSA) is 55.1 Å². The van der Waals surface area contributed by atoms with E-state index in [9.17, 15) is 4.79 Å². The van der Waals surface area contributed by atoms with E-state index in [0.717, 1.165) is 17.3 Å². The van der Waals surface area contributed by atoms with Gasteiger partial charge in [-0.1, -0.05) is 22.5 Å². The highest BCUT2D eigenvalue weighted by molar-refractivity contribution is 9.11. The number of carbonyl (C=O) groups is 1. The molecule has 3 nitrogen and oxygen atoms in total. The van der Waals surface area contributed by atoms with Crippen LogP contribution >= 0.6 is 28.3 Å². The van der Waals surface area contributed by atoms with Crippen LogP contribution in [0.5, 0.6) is 0 Å². The van der Waals surface area contributed by atoms with Crippen molar-refractivity contribution in [3.8, 4) is 0 Å². The number of nitrogens with two attached hydrogens (primary N) is 1. The van der Waals surface area contributed by atoms with Crippen molar-refractivity contribution in [2.75, 3.05) is 6.54 Å². The third-order valence-corrected chi connectivity index (χ3v) is 1.96. The number of hydrogen-bond acceptors (Lipinski definition) is 2. The lowest BCUT2D eigenvalue weighted by molar-refractivity contribution is -0.123. The number of halogens is 2. The van der Waals surface area contributed by atoms with Crippen LogP contribution in [-0.4, -0.2) is 18.0 Å². The standard InChI is InChI=1S/C7H11BrN2O.ClH/c1-5(8)4-10-6(11)7(9)2-3-7;/h1-4,9H2,(H,10,11);1H. The van der Waals surface area contributed by atoms with E-state index in [4.69, 9.17) is 5.73 Å². The molecule has 1 rings (SSSR count). The molecular formula is C7H12BrClN2O. The van der Waals surface area contributed by atoms with E-state index in [1.165, 1.54) is 0 Å². The lowest BCUT2D eigenvalue weighted by Crippen LogP contribution is -2.42. The first-order valence-electron chi connectivity index (χ1n) is 3.45. The predicted octanol–water partition coefficient (Wildman–Crippen LogP) is 0.924. The first kappa shape index (κ1) is 11.9. The maximum Gasteiger partial charge on any atom is 0.240 e. The van der Waals surface area contributed by atoms with Gasteiger partial charge in [0.15, 0.2) is 0 Å². The molecule has 5 heteroatoms. The zero-order chi connectivity index (χ0) is 8.48. The minimum absolute atomic E-state index is 0. The van der Waals surface area contributed by atoms with Gasteiger partial charge in [0.25, 0.3) is 0 Å². The van der Waals surface area contributed by atoms with E-state index < -0.39 is 5.54 Å². The Morgan fingerprint density at radius 1 is 1.67 bits per heavy atom. The average Bonchev–Trinajstić information content (AvgIpc) is 2.64. The Morgan fingerprint density at radius 2 is 2.17 bits per heavy atom. The van der Waals surface area contributed by atoms with Gasteiger partial charge in [-0.15, -0.1) is 12.4 Å². The molecule has 0 aliphatic heterocycles. The van der Waals surface area contributed by atoms with Gasteiger partial charge in [-0.05, 0) is 12.8 Å². The summed E-state index contributed by atoms with van der Waals surface area (Å²) in [5.74, 6) is -0.0712. The molecule has 0 spiro atoms. The molecule has 1 amide bonds. The molecule has 1 aliphatic carbocycles. The van der Waals surface area contributed by atoms with Gasteiger partial charge < -0.3 is 11.1 Å². The van der Waals surface area contributed by atoms with Crippen molar-refractivity contribution in [2.45, 2.75) is 18.4 Å². The second-order valence-corrected chi connectivity index (χ2v) is 3.98. The van der Waals surface area contributed by atoms with Crippen molar-refractivity contribution in [2.24, 2.45) is 5.73 Å². The smallest absolute Gasteiger partial charge is 0.240 e. The summed E-state index contributed by atoms with van der Waals surface area (Å²) in [7, 11) is 0. The molecular weight excluding hydrogens is 243 g/mol. The van der Waals surface area contributed by atoms with Gasteiger partial charge in [0.05, 0.1) is 5.54 Å². The molecule has 0 heterocycles. The van der Waals surface area contributed by atoms with E-state index in [1.807, 2.05) is 0 Å². The molecule has 1 aliphatic rings. The van der Waals surface area contributed by atoms with Crippen LogP contribution in [0, 0.1) is 0 Å². The van der Waals surface area contributed by atoms with Crippen LogP contribution in [0.4, 0.5) is 0 Å². The van der Waals surface area contributed by atoms with E-state index in [2.05, 4.69) is 27.8 Å². The van der Waals surface area contributed by atoms with Crippen LogP contribution in [-0.2, 0) is 4.79 Å². The molecule has 0 aromatic carbocycles. The van der Waals surface area contributed by atoms with Crippen LogP contribution in [0.25, 0.3) is 0 Å². The van der Waals surface area contributed by atoms with Gasteiger partial charge in [-0.2, -0.15) is 0 Å². The maximum atomic E-state index is 11.1. The van der Waals surface area contributed by atoms with Gasteiger partial charge in [-0.25, -0.2) is 0 Å². The fraction of sp³-hybridized carbons (Fsp3) is 0.571. The van der Waals surface area contributed by atoms with Crippen LogP contribution < -0.4 is 11.1 Å². The summed E-state index contributed by atoms with van der Waals surface area (Å²) < 4.78 is 0.759.